The maximum atomic E-state index is 5.96. The molecule has 0 saturated heterocycles. The second-order valence-corrected chi connectivity index (χ2v) is 4.38. The molecule has 1 rings (SSSR count). The fourth-order valence-corrected chi connectivity index (χ4v) is 1.83. The summed E-state index contributed by atoms with van der Waals surface area (Å²) in [5.41, 5.74) is 13.9. The highest BCUT2D eigenvalue weighted by Gasteiger charge is 2.13. The van der Waals surface area contributed by atoms with Crippen LogP contribution >= 0.6 is 0 Å². The first-order valence-electron chi connectivity index (χ1n) is 6.36. The van der Waals surface area contributed by atoms with Gasteiger partial charge < -0.3 is 16.2 Å². The van der Waals surface area contributed by atoms with Crippen LogP contribution < -0.4 is 16.2 Å². The predicted octanol–water partition coefficient (Wildman–Crippen LogP) is 2.56. The fraction of sp³-hybridized carbons (Fsp3) is 0.571. The first kappa shape index (κ1) is 14.0. The Bertz CT molecular complexity index is 352. The lowest BCUT2D eigenvalue weighted by Gasteiger charge is -2.18. The summed E-state index contributed by atoms with van der Waals surface area (Å²) in [7, 11) is 0. The van der Waals surface area contributed by atoms with Crippen LogP contribution in [-0.4, -0.2) is 13.2 Å². The Hall–Kier alpha value is -1.06. The lowest BCUT2D eigenvalue weighted by Crippen LogP contribution is -2.21. The molecular weight excluding hydrogens is 212 g/mol. The Morgan fingerprint density at radius 3 is 2.53 bits per heavy atom. The lowest BCUT2D eigenvalue weighted by molar-refractivity contribution is 0.334. The molecule has 0 aliphatic carbocycles. The predicted molar refractivity (Wildman–Crippen MR) is 72.3 cm³/mol. The van der Waals surface area contributed by atoms with Crippen molar-refractivity contribution in [2.45, 2.75) is 39.2 Å². The normalized spacial score (nSPS) is 14.4. The van der Waals surface area contributed by atoms with Gasteiger partial charge in [0.25, 0.3) is 0 Å². The molecule has 3 nitrogen and oxygen atoms in total. The van der Waals surface area contributed by atoms with Crippen LogP contribution in [-0.2, 0) is 0 Å². The van der Waals surface area contributed by atoms with E-state index < -0.39 is 0 Å². The Morgan fingerprint density at radius 1 is 1.29 bits per heavy atom. The molecule has 3 heteroatoms. The van der Waals surface area contributed by atoms with E-state index in [-0.39, 0.29) is 6.04 Å². The molecule has 96 valence electrons. The summed E-state index contributed by atoms with van der Waals surface area (Å²) >= 11 is 0. The Kier molecular flexibility index (Phi) is 5.45. The van der Waals surface area contributed by atoms with Gasteiger partial charge in [0.1, 0.15) is 5.75 Å². The summed E-state index contributed by atoms with van der Waals surface area (Å²) in [4.78, 5) is 0. The first-order chi connectivity index (χ1) is 8.13. The van der Waals surface area contributed by atoms with E-state index in [4.69, 9.17) is 16.2 Å². The molecule has 0 amide bonds. The molecule has 0 saturated carbocycles. The van der Waals surface area contributed by atoms with Crippen LogP contribution in [0.4, 0.5) is 0 Å². The van der Waals surface area contributed by atoms with Crippen molar-refractivity contribution in [1.82, 2.24) is 0 Å². The highest BCUT2D eigenvalue weighted by Crippen LogP contribution is 2.31. The second kappa shape index (κ2) is 6.62. The first-order valence-corrected chi connectivity index (χ1v) is 6.36. The highest BCUT2D eigenvalue weighted by atomic mass is 16.5. The standard InChI is InChI=1S/C14H24N2O/c1-4-10(3)12-8-11(13(16)9-15)6-7-14(12)17-5-2/h6-8,10,13H,4-5,9,15-16H2,1-3H3. The van der Waals surface area contributed by atoms with Gasteiger partial charge in [0.05, 0.1) is 6.61 Å². The third-order valence-electron chi connectivity index (χ3n) is 3.16. The van der Waals surface area contributed by atoms with Gasteiger partial charge in [0.2, 0.25) is 0 Å². The smallest absolute Gasteiger partial charge is 0.122 e. The molecular formula is C14H24N2O. The largest absolute Gasteiger partial charge is 0.494 e. The molecule has 0 aromatic heterocycles. The van der Waals surface area contributed by atoms with Gasteiger partial charge in [-0.3, -0.25) is 0 Å². The fourth-order valence-electron chi connectivity index (χ4n) is 1.83. The van der Waals surface area contributed by atoms with E-state index in [0.717, 1.165) is 17.7 Å². The Balaban J connectivity index is 3.09. The van der Waals surface area contributed by atoms with Crippen LogP contribution in [0.1, 0.15) is 50.3 Å². The van der Waals surface area contributed by atoms with Gasteiger partial charge in [-0.05, 0) is 36.5 Å². The third-order valence-corrected chi connectivity index (χ3v) is 3.16. The molecule has 0 bridgehead atoms. The Labute approximate surface area is 104 Å². The molecule has 0 aliphatic heterocycles. The minimum atomic E-state index is -0.0894. The summed E-state index contributed by atoms with van der Waals surface area (Å²) in [6, 6.07) is 6.06. The van der Waals surface area contributed by atoms with E-state index in [0.29, 0.717) is 19.1 Å². The molecule has 0 heterocycles. The van der Waals surface area contributed by atoms with Crippen LogP contribution in [0, 0.1) is 0 Å². The summed E-state index contributed by atoms with van der Waals surface area (Å²) in [5, 5.41) is 0. The van der Waals surface area contributed by atoms with Gasteiger partial charge >= 0.3 is 0 Å². The van der Waals surface area contributed by atoms with E-state index in [1.165, 1.54) is 5.56 Å². The molecule has 0 aliphatic rings. The number of rotatable bonds is 6. The molecule has 1 aromatic rings. The van der Waals surface area contributed by atoms with Gasteiger partial charge in [-0.1, -0.05) is 26.0 Å². The number of ether oxygens (including phenoxy) is 1. The summed E-state index contributed by atoms with van der Waals surface area (Å²) in [6.07, 6.45) is 1.08. The SMILES string of the molecule is CCOc1ccc(C(N)CN)cc1C(C)CC. The van der Waals surface area contributed by atoms with E-state index in [2.05, 4.69) is 19.9 Å². The minimum Gasteiger partial charge on any atom is -0.494 e. The molecule has 1 aromatic carbocycles. The molecule has 0 radical (unpaired) electrons. The Morgan fingerprint density at radius 2 is 2.00 bits per heavy atom. The number of nitrogens with two attached hydrogens (primary N) is 2. The number of hydrogen-bond acceptors (Lipinski definition) is 3. The van der Waals surface area contributed by atoms with Crippen molar-refractivity contribution >= 4 is 0 Å². The zero-order chi connectivity index (χ0) is 12.8. The third kappa shape index (κ3) is 3.45. The lowest BCUT2D eigenvalue weighted by atomic mass is 9.94. The monoisotopic (exact) mass is 236 g/mol. The van der Waals surface area contributed by atoms with Crippen molar-refractivity contribution in [2.24, 2.45) is 11.5 Å². The van der Waals surface area contributed by atoms with Gasteiger partial charge in [0, 0.05) is 12.6 Å². The molecule has 2 atom stereocenters. The molecule has 0 spiro atoms. The van der Waals surface area contributed by atoms with Crippen LogP contribution in [0.2, 0.25) is 0 Å². The molecule has 2 unspecified atom stereocenters. The second-order valence-electron chi connectivity index (χ2n) is 4.38. The molecule has 17 heavy (non-hydrogen) atoms. The maximum Gasteiger partial charge on any atom is 0.122 e. The molecule has 4 N–H and O–H groups in total. The average Bonchev–Trinajstić information content (AvgIpc) is 2.37. The van der Waals surface area contributed by atoms with E-state index >= 15 is 0 Å². The maximum absolute atomic E-state index is 5.96. The van der Waals surface area contributed by atoms with E-state index in [1.807, 2.05) is 19.1 Å². The van der Waals surface area contributed by atoms with Crippen molar-refractivity contribution in [3.05, 3.63) is 29.3 Å². The number of hydrogen-bond donors (Lipinski definition) is 2. The van der Waals surface area contributed by atoms with Crippen LogP contribution in [0.15, 0.2) is 18.2 Å². The van der Waals surface area contributed by atoms with Crippen LogP contribution in [0.3, 0.4) is 0 Å². The van der Waals surface area contributed by atoms with Gasteiger partial charge in [0.15, 0.2) is 0 Å². The zero-order valence-electron chi connectivity index (χ0n) is 11.1. The summed E-state index contributed by atoms with van der Waals surface area (Å²) < 4.78 is 5.66. The zero-order valence-corrected chi connectivity index (χ0v) is 11.1. The van der Waals surface area contributed by atoms with Gasteiger partial charge in [-0.25, -0.2) is 0 Å². The minimum absolute atomic E-state index is 0.0894. The van der Waals surface area contributed by atoms with Crippen molar-refractivity contribution in [3.8, 4) is 5.75 Å². The number of benzene rings is 1. The van der Waals surface area contributed by atoms with Crippen molar-refractivity contribution in [2.75, 3.05) is 13.2 Å². The summed E-state index contributed by atoms with van der Waals surface area (Å²) in [5.74, 6) is 1.44. The summed E-state index contributed by atoms with van der Waals surface area (Å²) in [6.45, 7) is 7.53. The van der Waals surface area contributed by atoms with Crippen molar-refractivity contribution in [1.29, 1.82) is 0 Å². The van der Waals surface area contributed by atoms with Crippen molar-refractivity contribution in [3.63, 3.8) is 0 Å². The quantitative estimate of drug-likeness (QED) is 0.798. The average molecular weight is 236 g/mol. The highest BCUT2D eigenvalue weighted by molar-refractivity contribution is 5.40. The van der Waals surface area contributed by atoms with Crippen LogP contribution in [0.25, 0.3) is 0 Å². The van der Waals surface area contributed by atoms with E-state index in [1.54, 1.807) is 0 Å². The topological polar surface area (TPSA) is 61.3 Å². The van der Waals surface area contributed by atoms with Gasteiger partial charge in [-0.15, -0.1) is 0 Å². The molecule has 0 fully saturated rings. The van der Waals surface area contributed by atoms with Gasteiger partial charge in [-0.2, -0.15) is 0 Å². The van der Waals surface area contributed by atoms with Crippen LogP contribution in [0.5, 0.6) is 5.75 Å². The van der Waals surface area contributed by atoms with E-state index in [9.17, 15) is 0 Å². The van der Waals surface area contributed by atoms with Crippen molar-refractivity contribution < 1.29 is 4.74 Å².